The first-order chi connectivity index (χ1) is 7.27. The molecule has 0 aliphatic heterocycles. The van der Waals surface area contributed by atoms with Crippen molar-refractivity contribution in [2.75, 3.05) is 6.61 Å². The van der Waals surface area contributed by atoms with Crippen molar-refractivity contribution in [2.45, 2.75) is 26.2 Å². The lowest BCUT2D eigenvalue weighted by atomic mass is 10.1. The molecule has 0 fully saturated rings. The molecule has 0 bridgehead atoms. The largest absolute Gasteiger partial charge is 0.494 e. The maximum Gasteiger partial charge on any atom is 0.124 e. The molecule has 0 aromatic heterocycles. The lowest BCUT2D eigenvalue weighted by Crippen LogP contribution is -1.97. The number of hydrogen-bond donors (Lipinski definition) is 0. The van der Waals surface area contributed by atoms with Gasteiger partial charge in [-0.1, -0.05) is 31.0 Å². The van der Waals surface area contributed by atoms with Gasteiger partial charge in [-0.25, -0.2) is 0 Å². The number of rotatable bonds is 6. The van der Waals surface area contributed by atoms with Gasteiger partial charge in [0.15, 0.2) is 0 Å². The molecule has 0 saturated carbocycles. The number of hydrogen-bond acceptors (Lipinski definition) is 2. The fourth-order valence-corrected chi connectivity index (χ4v) is 1.46. The van der Waals surface area contributed by atoms with Gasteiger partial charge in [0.1, 0.15) is 12.0 Å². The third kappa shape index (κ3) is 3.92. The lowest BCUT2D eigenvalue weighted by Gasteiger charge is -2.07. The van der Waals surface area contributed by atoms with E-state index in [0.717, 1.165) is 30.4 Å². The van der Waals surface area contributed by atoms with Gasteiger partial charge in [-0.15, -0.1) is 0 Å². The van der Waals surface area contributed by atoms with Crippen LogP contribution in [0, 0.1) is 0 Å². The van der Waals surface area contributed by atoms with Crippen molar-refractivity contribution in [1.82, 2.24) is 0 Å². The maximum absolute atomic E-state index is 10.3. The Hall–Kier alpha value is -1.02. The fourth-order valence-electron chi connectivity index (χ4n) is 1.21. The van der Waals surface area contributed by atoms with Crippen molar-refractivity contribution in [2.24, 2.45) is 0 Å². The number of ether oxygens (including phenoxy) is 1. The van der Waals surface area contributed by atoms with Crippen molar-refractivity contribution < 1.29 is 9.53 Å². The van der Waals surface area contributed by atoms with Gasteiger partial charge in [0.25, 0.3) is 0 Å². The Bertz CT molecular complexity index is 323. The van der Waals surface area contributed by atoms with Crippen LogP contribution in [0.1, 0.15) is 25.3 Å². The molecular formula is C12H15ClO2. The first-order valence-electron chi connectivity index (χ1n) is 5.12. The monoisotopic (exact) mass is 226 g/mol. The molecule has 0 aliphatic carbocycles. The second-order valence-electron chi connectivity index (χ2n) is 3.33. The highest BCUT2D eigenvalue weighted by Crippen LogP contribution is 2.22. The summed E-state index contributed by atoms with van der Waals surface area (Å²) in [5.74, 6) is 0.767. The zero-order chi connectivity index (χ0) is 11.1. The van der Waals surface area contributed by atoms with E-state index in [1.165, 1.54) is 0 Å². The van der Waals surface area contributed by atoms with Crippen LogP contribution in [0.15, 0.2) is 18.2 Å². The van der Waals surface area contributed by atoms with Crippen LogP contribution in [-0.2, 0) is 11.2 Å². The van der Waals surface area contributed by atoms with Gasteiger partial charge < -0.3 is 9.53 Å². The van der Waals surface area contributed by atoms with Crippen LogP contribution in [0.25, 0.3) is 0 Å². The van der Waals surface area contributed by atoms with Crippen LogP contribution in [0.2, 0.25) is 5.02 Å². The number of halogens is 1. The molecular weight excluding hydrogens is 212 g/mol. The molecule has 0 N–H and O–H groups in total. The quantitative estimate of drug-likeness (QED) is 0.550. The average molecular weight is 227 g/mol. The number of carbonyl (C=O) groups is 1. The second kappa shape index (κ2) is 6.46. The molecule has 0 radical (unpaired) electrons. The third-order valence-electron chi connectivity index (χ3n) is 2.09. The number of benzene rings is 1. The highest BCUT2D eigenvalue weighted by Gasteiger charge is 2.01. The smallest absolute Gasteiger partial charge is 0.124 e. The van der Waals surface area contributed by atoms with Crippen LogP contribution >= 0.6 is 11.6 Å². The van der Waals surface area contributed by atoms with Crippen molar-refractivity contribution in [3.05, 3.63) is 28.8 Å². The van der Waals surface area contributed by atoms with Crippen LogP contribution in [0.4, 0.5) is 0 Å². The van der Waals surface area contributed by atoms with Gasteiger partial charge in [0.05, 0.1) is 6.61 Å². The van der Waals surface area contributed by atoms with E-state index in [4.69, 9.17) is 16.3 Å². The standard InChI is InChI=1S/C12H15ClO2/c1-2-3-8-15-11-5-4-10(6-7-14)12(13)9-11/h4-5,7,9H,2-3,6,8H2,1H3. The molecule has 0 unspecified atom stereocenters. The highest BCUT2D eigenvalue weighted by atomic mass is 35.5. The van der Waals surface area contributed by atoms with E-state index in [2.05, 4.69) is 6.92 Å². The summed E-state index contributed by atoms with van der Waals surface area (Å²) >= 11 is 5.98. The molecule has 0 heterocycles. The van der Waals surface area contributed by atoms with Gasteiger partial charge in [0.2, 0.25) is 0 Å². The normalized spacial score (nSPS) is 10.0. The third-order valence-corrected chi connectivity index (χ3v) is 2.45. The first-order valence-corrected chi connectivity index (χ1v) is 5.50. The molecule has 1 aromatic rings. The van der Waals surface area contributed by atoms with Crippen LogP contribution in [0.5, 0.6) is 5.75 Å². The van der Waals surface area contributed by atoms with E-state index < -0.39 is 0 Å². The van der Waals surface area contributed by atoms with Crippen LogP contribution in [0.3, 0.4) is 0 Å². The van der Waals surface area contributed by atoms with Crippen LogP contribution < -0.4 is 4.74 Å². The topological polar surface area (TPSA) is 26.3 Å². The van der Waals surface area contributed by atoms with E-state index in [9.17, 15) is 4.79 Å². The van der Waals surface area contributed by atoms with E-state index >= 15 is 0 Å². The molecule has 15 heavy (non-hydrogen) atoms. The molecule has 2 nitrogen and oxygen atoms in total. The minimum absolute atomic E-state index is 0.355. The Morgan fingerprint density at radius 1 is 1.47 bits per heavy atom. The fraction of sp³-hybridized carbons (Fsp3) is 0.417. The Kier molecular flexibility index (Phi) is 5.19. The Morgan fingerprint density at radius 3 is 2.87 bits per heavy atom. The highest BCUT2D eigenvalue weighted by molar-refractivity contribution is 6.31. The summed E-state index contributed by atoms with van der Waals surface area (Å²) in [6, 6.07) is 5.44. The number of unbranched alkanes of at least 4 members (excludes halogenated alkanes) is 1. The molecule has 1 rings (SSSR count). The van der Waals surface area contributed by atoms with Gasteiger partial charge >= 0.3 is 0 Å². The summed E-state index contributed by atoms with van der Waals surface area (Å²) < 4.78 is 5.49. The van der Waals surface area contributed by atoms with Gasteiger partial charge in [-0.3, -0.25) is 0 Å². The summed E-state index contributed by atoms with van der Waals surface area (Å²) in [7, 11) is 0. The summed E-state index contributed by atoms with van der Waals surface area (Å²) in [4.78, 5) is 10.3. The van der Waals surface area contributed by atoms with Crippen molar-refractivity contribution in [3.63, 3.8) is 0 Å². The summed E-state index contributed by atoms with van der Waals surface area (Å²) in [5, 5.41) is 0.594. The van der Waals surface area contributed by atoms with E-state index in [0.29, 0.717) is 18.1 Å². The second-order valence-corrected chi connectivity index (χ2v) is 3.73. The first kappa shape index (κ1) is 12.1. The van der Waals surface area contributed by atoms with Crippen molar-refractivity contribution in [3.8, 4) is 5.75 Å². The van der Waals surface area contributed by atoms with E-state index in [1.807, 2.05) is 12.1 Å². The minimum atomic E-state index is 0.355. The van der Waals surface area contributed by atoms with Gasteiger partial charge in [-0.05, 0) is 24.1 Å². The van der Waals surface area contributed by atoms with Gasteiger partial charge in [0, 0.05) is 11.4 Å². The van der Waals surface area contributed by atoms with Crippen molar-refractivity contribution >= 4 is 17.9 Å². The predicted octanol–water partition coefficient (Wildman–Crippen LogP) is 3.26. The Morgan fingerprint density at radius 2 is 2.27 bits per heavy atom. The maximum atomic E-state index is 10.3. The molecule has 82 valence electrons. The molecule has 3 heteroatoms. The SMILES string of the molecule is CCCCOc1ccc(CC=O)c(Cl)c1. The van der Waals surface area contributed by atoms with Gasteiger partial charge in [-0.2, -0.15) is 0 Å². The Labute approximate surface area is 95.2 Å². The molecule has 0 aliphatic rings. The number of carbonyl (C=O) groups excluding carboxylic acids is 1. The number of aldehydes is 1. The zero-order valence-electron chi connectivity index (χ0n) is 8.83. The van der Waals surface area contributed by atoms with E-state index in [-0.39, 0.29) is 0 Å². The summed E-state index contributed by atoms with van der Waals surface area (Å²) in [5.41, 5.74) is 0.842. The molecule has 0 spiro atoms. The molecule has 1 aromatic carbocycles. The molecule has 0 amide bonds. The average Bonchev–Trinajstić information content (AvgIpc) is 2.23. The molecule has 0 atom stereocenters. The zero-order valence-corrected chi connectivity index (χ0v) is 9.59. The molecule has 0 saturated heterocycles. The van der Waals surface area contributed by atoms with Crippen molar-refractivity contribution in [1.29, 1.82) is 0 Å². The van der Waals surface area contributed by atoms with E-state index in [1.54, 1.807) is 6.07 Å². The predicted molar refractivity (Wildman–Crippen MR) is 61.6 cm³/mol. The Balaban J connectivity index is 2.60. The lowest BCUT2D eigenvalue weighted by molar-refractivity contribution is -0.107. The summed E-state index contributed by atoms with van der Waals surface area (Å²) in [6.45, 7) is 2.82. The minimum Gasteiger partial charge on any atom is -0.494 e. The summed E-state index contributed by atoms with van der Waals surface area (Å²) in [6.07, 6.45) is 3.34. The van der Waals surface area contributed by atoms with Crippen LogP contribution in [-0.4, -0.2) is 12.9 Å².